The summed E-state index contributed by atoms with van der Waals surface area (Å²) in [5.74, 6) is 0.534. The summed E-state index contributed by atoms with van der Waals surface area (Å²) in [6.45, 7) is 5.08. The largest absolute Gasteiger partial charge is 0.376 e. The maximum absolute atomic E-state index is 12.4. The fourth-order valence-electron chi connectivity index (χ4n) is 2.85. The number of hydrogen-bond donors (Lipinski definition) is 1. The summed E-state index contributed by atoms with van der Waals surface area (Å²) in [5, 5.41) is 3.20. The maximum atomic E-state index is 12.4. The van der Waals surface area contributed by atoms with Crippen molar-refractivity contribution >= 4 is 11.9 Å². The van der Waals surface area contributed by atoms with Gasteiger partial charge in [0.25, 0.3) is 5.91 Å². The number of hydrogen-bond acceptors (Lipinski definition) is 5. The summed E-state index contributed by atoms with van der Waals surface area (Å²) < 4.78 is 5.57. The number of anilines is 1. The van der Waals surface area contributed by atoms with Gasteiger partial charge in [-0.3, -0.25) is 4.79 Å². The lowest BCUT2D eigenvalue weighted by atomic mass is 10.2. The van der Waals surface area contributed by atoms with Crippen molar-refractivity contribution in [3.8, 4) is 0 Å². The molecule has 1 aromatic heterocycles. The van der Waals surface area contributed by atoms with Crippen LogP contribution in [0, 0.1) is 6.92 Å². The van der Waals surface area contributed by atoms with Crippen LogP contribution in [0.4, 0.5) is 5.95 Å². The lowest BCUT2D eigenvalue weighted by Gasteiger charge is -2.16. The maximum Gasteiger partial charge on any atom is 0.272 e. The SMILES string of the molecule is Cc1cc(C(=O)N2CCCC2)nc(NCC2CCCO2)n1. The number of aryl methyl sites for hydroxylation is 1. The van der Waals surface area contributed by atoms with Crippen LogP contribution in [-0.4, -0.2) is 53.1 Å². The average Bonchev–Trinajstić information content (AvgIpc) is 3.17. The molecule has 0 saturated carbocycles. The predicted molar refractivity (Wildman–Crippen MR) is 79.4 cm³/mol. The molecule has 1 amide bonds. The van der Waals surface area contributed by atoms with Crippen LogP contribution in [-0.2, 0) is 4.74 Å². The molecule has 2 aliphatic rings. The van der Waals surface area contributed by atoms with Crippen molar-refractivity contribution in [3.05, 3.63) is 17.5 Å². The molecule has 2 fully saturated rings. The highest BCUT2D eigenvalue weighted by molar-refractivity contribution is 5.92. The number of carbonyl (C=O) groups excluding carboxylic acids is 1. The first-order valence-electron chi connectivity index (χ1n) is 7.73. The van der Waals surface area contributed by atoms with Crippen molar-refractivity contribution in [1.29, 1.82) is 0 Å². The molecular weight excluding hydrogens is 268 g/mol. The molecule has 1 aromatic rings. The van der Waals surface area contributed by atoms with Crippen molar-refractivity contribution in [2.24, 2.45) is 0 Å². The summed E-state index contributed by atoms with van der Waals surface area (Å²) in [6.07, 6.45) is 4.57. The first kappa shape index (κ1) is 14.3. The smallest absolute Gasteiger partial charge is 0.272 e. The van der Waals surface area contributed by atoms with Crippen LogP contribution in [0.1, 0.15) is 41.9 Å². The van der Waals surface area contributed by atoms with Gasteiger partial charge in [0.1, 0.15) is 5.69 Å². The summed E-state index contributed by atoms with van der Waals surface area (Å²) in [6, 6.07) is 1.76. The van der Waals surface area contributed by atoms with Crippen molar-refractivity contribution in [2.75, 3.05) is 31.6 Å². The Morgan fingerprint density at radius 1 is 1.38 bits per heavy atom. The molecule has 0 aliphatic carbocycles. The average molecular weight is 290 g/mol. The van der Waals surface area contributed by atoms with E-state index in [0.717, 1.165) is 51.1 Å². The zero-order valence-electron chi connectivity index (χ0n) is 12.5. The fourth-order valence-corrected chi connectivity index (χ4v) is 2.85. The van der Waals surface area contributed by atoms with Gasteiger partial charge >= 0.3 is 0 Å². The normalized spacial score (nSPS) is 21.8. The molecule has 6 heteroatoms. The van der Waals surface area contributed by atoms with Gasteiger partial charge in [-0.1, -0.05) is 0 Å². The van der Waals surface area contributed by atoms with E-state index in [1.54, 1.807) is 6.07 Å². The molecule has 1 unspecified atom stereocenters. The minimum Gasteiger partial charge on any atom is -0.376 e. The Balaban J connectivity index is 1.67. The Kier molecular flexibility index (Phi) is 4.34. The minimum absolute atomic E-state index is 0.0122. The second-order valence-corrected chi connectivity index (χ2v) is 5.73. The van der Waals surface area contributed by atoms with Gasteiger partial charge in [-0.2, -0.15) is 0 Å². The summed E-state index contributed by atoms with van der Waals surface area (Å²) in [4.78, 5) is 23.0. The molecule has 1 atom stereocenters. The molecule has 1 N–H and O–H groups in total. The molecule has 21 heavy (non-hydrogen) atoms. The third kappa shape index (κ3) is 3.50. The van der Waals surface area contributed by atoms with Crippen LogP contribution < -0.4 is 5.32 Å². The Bertz CT molecular complexity index is 508. The lowest BCUT2D eigenvalue weighted by Crippen LogP contribution is -2.29. The van der Waals surface area contributed by atoms with Gasteiger partial charge in [-0.05, 0) is 38.7 Å². The molecule has 3 rings (SSSR count). The van der Waals surface area contributed by atoms with Gasteiger partial charge in [0.15, 0.2) is 0 Å². The van der Waals surface area contributed by atoms with Gasteiger partial charge in [0, 0.05) is 31.9 Å². The van der Waals surface area contributed by atoms with Crippen LogP contribution in [0.25, 0.3) is 0 Å². The lowest BCUT2D eigenvalue weighted by molar-refractivity contribution is 0.0787. The van der Waals surface area contributed by atoms with E-state index in [1.165, 1.54) is 0 Å². The number of rotatable bonds is 4. The van der Waals surface area contributed by atoms with E-state index in [1.807, 2.05) is 11.8 Å². The summed E-state index contributed by atoms with van der Waals surface area (Å²) in [7, 11) is 0. The molecule has 0 spiro atoms. The number of ether oxygens (including phenoxy) is 1. The van der Waals surface area contributed by atoms with Crippen molar-refractivity contribution in [2.45, 2.75) is 38.7 Å². The topological polar surface area (TPSA) is 67.4 Å². The molecular formula is C15H22N4O2. The fraction of sp³-hybridized carbons (Fsp3) is 0.667. The number of nitrogens with one attached hydrogen (secondary N) is 1. The van der Waals surface area contributed by atoms with Crippen LogP contribution in [0.5, 0.6) is 0 Å². The third-order valence-electron chi connectivity index (χ3n) is 3.98. The molecule has 114 valence electrons. The van der Waals surface area contributed by atoms with Gasteiger partial charge in [0.05, 0.1) is 6.10 Å². The zero-order valence-corrected chi connectivity index (χ0v) is 12.5. The van der Waals surface area contributed by atoms with E-state index in [2.05, 4.69) is 15.3 Å². The zero-order chi connectivity index (χ0) is 14.7. The van der Waals surface area contributed by atoms with Crippen LogP contribution in [0.3, 0.4) is 0 Å². The minimum atomic E-state index is 0.0122. The van der Waals surface area contributed by atoms with Gasteiger partial charge in [-0.25, -0.2) is 9.97 Å². The van der Waals surface area contributed by atoms with Crippen LogP contribution in [0.15, 0.2) is 6.07 Å². The molecule has 0 aromatic carbocycles. The first-order chi connectivity index (χ1) is 10.2. The quantitative estimate of drug-likeness (QED) is 0.912. The third-order valence-corrected chi connectivity index (χ3v) is 3.98. The van der Waals surface area contributed by atoms with Crippen LogP contribution in [0.2, 0.25) is 0 Å². The van der Waals surface area contributed by atoms with Crippen molar-refractivity contribution in [1.82, 2.24) is 14.9 Å². The molecule has 0 bridgehead atoms. The predicted octanol–water partition coefficient (Wildman–Crippen LogP) is 1.61. The van der Waals surface area contributed by atoms with E-state index >= 15 is 0 Å². The Morgan fingerprint density at radius 2 is 2.19 bits per heavy atom. The van der Waals surface area contributed by atoms with E-state index in [4.69, 9.17) is 4.74 Å². The van der Waals surface area contributed by atoms with Gasteiger partial charge in [-0.15, -0.1) is 0 Å². The number of amides is 1. The molecule has 6 nitrogen and oxygen atoms in total. The molecule has 0 radical (unpaired) electrons. The number of carbonyl (C=O) groups is 1. The first-order valence-corrected chi connectivity index (χ1v) is 7.73. The van der Waals surface area contributed by atoms with Gasteiger partial charge < -0.3 is 15.0 Å². The number of nitrogens with zero attached hydrogens (tertiary/aromatic N) is 3. The Hall–Kier alpha value is -1.69. The highest BCUT2D eigenvalue weighted by atomic mass is 16.5. The van der Waals surface area contributed by atoms with E-state index in [-0.39, 0.29) is 12.0 Å². The Labute approximate surface area is 124 Å². The van der Waals surface area contributed by atoms with E-state index in [9.17, 15) is 4.79 Å². The second-order valence-electron chi connectivity index (χ2n) is 5.73. The molecule has 3 heterocycles. The summed E-state index contributed by atoms with van der Waals surface area (Å²) in [5.41, 5.74) is 1.29. The Morgan fingerprint density at radius 3 is 2.90 bits per heavy atom. The highest BCUT2D eigenvalue weighted by Gasteiger charge is 2.22. The standard InChI is InChI=1S/C15H22N4O2/c1-11-9-13(14(20)19-6-2-3-7-19)18-15(17-11)16-10-12-5-4-8-21-12/h9,12H,2-8,10H2,1H3,(H,16,17,18). The second kappa shape index (κ2) is 6.39. The molecule has 2 aliphatic heterocycles. The van der Waals surface area contributed by atoms with Crippen molar-refractivity contribution in [3.63, 3.8) is 0 Å². The highest BCUT2D eigenvalue weighted by Crippen LogP contribution is 2.15. The number of aromatic nitrogens is 2. The number of likely N-dealkylation sites (tertiary alicyclic amines) is 1. The molecule has 2 saturated heterocycles. The van der Waals surface area contributed by atoms with E-state index in [0.29, 0.717) is 18.2 Å². The summed E-state index contributed by atoms with van der Waals surface area (Å²) >= 11 is 0. The van der Waals surface area contributed by atoms with Gasteiger partial charge in [0.2, 0.25) is 5.95 Å². The van der Waals surface area contributed by atoms with Crippen molar-refractivity contribution < 1.29 is 9.53 Å². The van der Waals surface area contributed by atoms with E-state index < -0.39 is 0 Å². The monoisotopic (exact) mass is 290 g/mol. The van der Waals surface area contributed by atoms with Crippen LogP contribution >= 0.6 is 0 Å².